The predicted octanol–water partition coefficient (Wildman–Crippen LogP) is 4.70. The van der Waals surface area contributed by atoms with Crippen LogP contribution in [0.5, 0.6) is 0 Å². The number of nitrogens with one attached hydrogen (secondary N) is 1. The van der Waals surface area contributed by atoms with Crippen LogP contribution in [0.15, 0.2) is 33.2 Å². The molecule has 0 radical (unpaired) electrons. The van der Waals surface area contributed by atoms with E-state index in [1.165, 1.54) is 36.1 Å². The lowest BCUT2D eigenvalue weighted by molar-refractivity contribution is -0.141. The highest BCUT2D eigenvalue weighted by molar-refractivity contribution is 8.01. The van der Waals surface area contributed by atoms with Gasteiger partial charge in [0.2, 0.25) is 5.13 Å². The molecule has 0 saturated carbocycles. The van der Waals surface area contributed by atoms with Crippen LogP contribution in [-0.4, -0.2) is 32.5 Å². The Morgan fingerprint density at radius 3 is 2.82 bits per heavy atom. The second kappa shape index (κ2) is 8.39. The molecule has 0 aromatic carbocycles. The number of alkyl halides is 3. The molecule has 11 heteroatoms. The standard InChI is InChI=1S/C17H17F3N4O2S2/c1-10-6-13(11(2)24(10)9-17(18,19)20)14(25)8-27-16-23-22-15(28-16)21-7-12-4-3-5-26-12/h3-6H,7-9H2,1-2H3,(H,21,22). The Balaban J connectivity index is 1.58. The van der Waals surface area contributed by atoms with E-state index in [0.717, 1.165) is 10.3 Å². The summed E-state index contributed by atoms with van der Waals surface area (Å²) in [6.45, 7) is 2.45. The molecular formula is C17H17F3N4O2S2. The van der Waals surface area contributed by atoms with Gasteiger partial charge in [-0.05, 0) is 32.0 Å². The van der Waals surface area contributed by atoms with Crippen LogP contribution in [0.1, 0.15) is 27.5 Å². The molecule has 28 heavy (non-hydrogen) atoms. The van der Waals surface area contributed by atoms with Gasteiger partial charge in [0, 0.05) is 17.0 Å². The van der Waals surface area contributed by atoms with Crippen molar-refractivity contribution in [3.8, 4) is 0 Å². The summed E-state index contributed by atoms with van der Waals surface area (Å²) in [5.41, 5.74) is 1.02. The van der Waals surface area contributed by atoms with Gasteiger partial charge < -0.3 is 14.3 Å². The van der Waals surface area contributed by atoms with Crippen LogP contribution in [0.25, 0.3) is 0 Å². The minimum Gasteiger partial charge on any atom is -0.467 e. The smallest absolute Gasteiger partial charge is 0.406 e. The number of rotatable bonds is 8. The average Bonchev–Trinajstić information content (AvgIpc) is 3.34. The van der Waals surface area contributed by atoms with Crippen molar-refractivity contribution in [2.75, 3.05) is 11.1 Å². The van der Waals surface area contributed by atoms with Gasteiger partial charge in [0.1, 0.15) is 12.3 Å². The number of furan rings is 1. The maximum atomic E-state index is 12.7. The van der Waals surface area contributed by atoms with Crippen LogP contribution in [-0.2, 0) is 13.1 Å². The summed E-state index contributed by atoms with van der Waals surface area (Å²) in [5.74, 6) is 0.587. The summed E-state index contributed by atoms with van der Waals surface area (Å²) in [5, 5.41) is 11.7. The number of aromatic nitrogens is 3. The van der Waals surface area contributed by atoms with Crippen molar-refractivity contribution in [3.63, 3.8) is 0 Å². The molecule has 3 heterocycles. The number of nitrogens with zero attached hydrogens (tertiary/aromatic N) is 3. The third kappa shape index (κ3) is 5.16. The molecule has 6 nitrogen and oxygen atoms in total. The number of hydrogen-bond acceptors (Lipinski definition) is 7. The summed E-state index contributed by atoms with van der Waals surface area (Å²) in [4.78, 5) is 12.5. The second-order valence-electron chi connectivity index (χ2n) is 6.00. The Morgan fingerprint density at radius 1 is 1.36 bits per heavy atom. The topological polar surface area (TPSA) is 73.0 Å². The van der Waals surface area contributed by atoms with E-state index in [2.05, 4.69) is 15.5 Å². The minimum absolute atomic E-state index is 0.0725. The van der Waals surface area contributed by atoms with E-state index in [4.69, 9.17) is 4.42 Å². The Labute approximate surface area is 167 Å². The first-order chi connectivity index (χ1) is 13.2. The molecule has 0 aliphatic carbocycles. The zero-order valence-corrected chi connectivity index (χ0v) is 16.7. The zero-order chi connectivity index (χ0) is 20.3. The van der Waals surface area contributed by atoms with Crippen molar-refractivity contribution in [1.82, 2.24) is 14.8 Å². The maximum Gasteiger partial charge on any atom is 0.406 e. The quantitative estimate of drug-likeness (QED) is 0.413. The van der Waals surface area contributed by atoms with Gasteiger partial charge in [-0.3, -0.25) is 4.79 Å². The molecule has 0 aliphatic rings. The van der Waals surface area contributed by atoms with Crippen LogP contribution >= 0.6 is 23.1 Å². The summed E-state index contributed by atoms with van der Waals surface area (Å²) >= 11 is 2.50. The largest absolute Gasteiger partial charge is 0.467 e. The SMILES string of the molecule is Cc1cc(C(=O)CSc2nnc(NCc3ccco3)s2)c(C)n1CC(F)(F)F. The second-order valence-corrected chi connectivity index (χ2v) is 8.20. The fourth-order valence-corrected chi connectivity index (χ4v) is 4.26. The van der Waals surface area contributed by atoms with Crippen molar-refractivity contribution in [1.29, 1.82) is 0 Å². The van der Waals surface area contributed by atoms with Crippen molar-refractivity contribution in [3.05, 3.63) is 47.2 Å². The molecule has 0 atom stereocenters. The van der Waals surface area contributed by atoms with Crippen molar-refractivity contribution in [2.24, 2.45) is 0 Å². The Hall–Kier alpha value is -2.27. The van der Waals surface area contributed by atoms with Gasteiger partial charge >= 0.3 is 6.18 Å². The molecular weight excluding hydrogens is 413 g/mol. The Kier molecular flexibility index (Phi) is 6.14. The monoisotopic (exact) mass is 430 g/mol. The van der Waals surface area contributed by atoms with Gasteiger partial charge in [0.05, 0.1) is 18.6 Å². The van der Waals surface area contributed by atoms with Crippen LogP contribution in [0.2, 0.25) is 0 Å². The van der Waals surface area contributed by atoms with E-state index >= 15 is 0 Å². The lowest BCUT2D eigenvalue weighted by Crippen LogP contribution is -2.19. The number of Topliss-reactive ketones (excluding diaryl/α,β-unsaturated/α-hetero) is 1. The van der Waals surface area contributed by atoms with Crippen LogP contribution in [0.4, 0.5) is 18.3 Å². The highest BCUT2D eigenvalue weighted by Crippen LogP contribution is 2.28. The first-order valence-electron chi connectivity index (χ1n) is 8.22. The van der Waals surface area contributed by atoms with Gasteiger partial charge in [0.25, 0.3) is 0 Å². The molecule has 3 aromatic heterocycles. The highest BCUT2D eigenvalue weighted by Gasteiger charge is 2.30. The molecule has 3 rings (SSSR count). The molecule has 150 valence electrons. The molecule has 0 saturated heterocycles. The van der Waals surface area contributed by atoms with E-state index < -0.39 is 12.7 Å². The minimum atomic E-state index is -4.34. The molecule has 0 fully saturated rings. The third-order valence-corrected chi connectivity index (χ3v) is 5.95. The summed E-state index contributed by atoms with van der Waals surface area (Å²) in [6, 6.07) is 5.12. The van der Waals surface area contributed by atoms with Crippen molar-refractivity contribution < 1.29 is 22.4 Å². The Morgan fingerprint density at radius 2 is 2.14 bits per heavy atom. The number of aryl methyl sites for hydroxylation is 1. The van der Waals surface area contributed by atoms with Gasteiger partial charge in [-0.2, -0.15) is 13.2 Å². The summed E-state index contributed by atoms with van der Waals surface area (Å²) in [7, 11) is 0. The van der Waals surface area contributed by atoms with E-state index in [9.17, 15) is 18.0 Å². The average molecular weight is 430 g/mol. The van der Waals surface area contributed by atoms with Crippen molar-refractivity contribution >= 4 is 34.0 Å². The highest BCUT2D eigenvalue weighted by atomic mass is 32.2. The predicted molar refractivity (Wildman–Crippen MR) is 101 cm³/mol. The number of carbonyl (C=O) groups is 1. The number of thioether (sulfide) groups is 1. The molecule has 0 aliphatic heterocycles. The number of anilines is 1. The normalized spacial score (nSPS) is 11.8. The molecule has 0 spiro atoms. The number of halogens is 3. The molecule has 0 amide bonds. The summed E-state index contributed by atoms with van der Waals surface area (Å²) < 4.78 is 45.0. The van der Waals surface area contributed by atoms with E-state index in [1.807, 2.05) is 6.07 Å². The van der Waals surface area contributed by atoms with Crippen LogP contribution < -0.4 is 5.32 Å². The first kappa shape index (κ1) is 20.5. The number of carbonyl (C=O) groups excluding carboxylic acids is 1. The fourth-order valence-electron chi connectivity index (χ4n) is 2.63. The number of hydrogen-bond donors (Lipinski definition) is 1. The van der Waals surface area contributed by atoms with Gasteiger partial charge in [-0.15, -0.1) is 10.2 Å². The van der Waals surface area contributed by atoms with Crippen LogP contribution in [0, 0.1) is 13.8 Å². The zero-order valence-electron chi connectivity index (χ0n) is 15.0. The lowest BCUT2D eigenvalue weighted by atomic mass is 10.2. The summed E-state index contributed by atoms with van der Waals surface area (Å²) in [6.07, 6.45) is -2.76. The Bertz CT molecular complexity index is 948. The van der Waals surface area contributed by atoms with E-state index in [0.29, 0.717) is 33.0 Å². The molecule has 0 bridgehead atoms. The lowest BCUT2D eigenvalue weighted by Gasteiger charge is -2.12. The van der Waals surface area contributed by atoms with E-state index in [1.54, 1.807) is 19.3 Å². The first-order valence-corrected chi connectivity index (χ1v) is 10.0. The fraction of sp³-hybridized carbons (Fsp3) is 0.353. The third-order valence-electron chi connectivity index (χ3n) is 3.94. The molecule has 0 unspecified atom stereocenters. The molecule has 1 N–H and O–H groups in total. The van der Waals surface area contributed by atoms with Crippen molar-refractivity contribution in [2.45, 2.75) is 37.5 Å². The maximum absolute atomic E-state index is 12.7. The molecule has 3 aromatic rings. The van der Waals surface area contributed by atoms with E-state index in [-0.39, 0.29) is 11.5 Å². The van der Waals surface area contributed by atoms with Gasteiger partial charge in [-0.25, -0.2) is 0 Å². The van der Waals surface area contributed by atoms with Crippen LogP contribution in [0.3, 0.4) is 0 Å². The van der Waals surface area contributed by atoms with Gasteiger partial charge in [-0.1, -0.05) is 23.1 Å². The number of ketones is 1. The van der Waals surface area contributed by atoms with Gasteiger partial charge in [0.15, 0.2) is 10.1 Å².